The predicted molar refractivity (Wildman–Crippen MR) is 79.4 cm³/mol. The summed E-state index contributed by atoms with van der Waals surface area (Å²) in [6, 6.07) is 16.4. The molecule has 2 rings (SSSR count). The summed E-state index contributed by atoms with van der Waals surface area (Å²) in [6.45, 7) is 0.237. The van der Waals surface area contributed by atoms with Crippen molar-refractivity contribution < 1.29 is 19.0 Å². The Morgan fingerprint density at radius 1 is 1.00 bits per heavy atom. The van der Waals surface area contributed by atoms with E-state index in [9.17, 15) is 4.79 Å². The van der Waals surface area contributed by atoms with Crippen LogP contribution >= 0.6 is 0 Å². The number of methoxy groups -OCH3 is 2. The van der Waals surface area contributed by atoms with Gasteiger partial charge in [-0.05, 0) is 6.07 Å². The topological polar surface area (TPSA) is 44.8 Å². The molecule has 2 aromatic carbocycles. The average molecular weight is 286 g/mol. The van der Waals surface area contributed by atoms with Crippen LogP contribution in [0.15, 0.2) is 54.6 Å². The van der Waals surface area contributed by atoms with E-state index in [0.717, 1.165) is 11.3 Å². The van der Waals surface area contributed by atoms with Crippen LogP contribution in [-0.2, 0) is 16.1 Å². The summed E-state index contributed by atoms with van der Waals surface area (Å²) in [4.78, 5) is 12.3. The Labute approximate surface area is 124 Å². The molecule has 0 radical (unpaired) electrons. The summed E-state index contributed by atoms with van der Waals surface area (Å²) in [6.07, 6.45) is -0.933. The van der Waals surface area contributed by atoms with Gasteiger partial charge >= 0.3 is 0 Å². The van der Waals surface area contributed by atoms with Gasteiger partial charge < -0.3 is 14.2 Å². The molecular weight excluding hydrogens is 268 g/mol. The highest BCUT2D eigenvalue weighted by molar-refractivity contribution is 5.98. The zero-order chi connectivity index (χ0) is 15.1. The third-order valence-corrected chi connectivity index (χ3v) is 3.07. The van der Waals surface area contributed by atoms with Gasteiger partial charge in [0.25, 0.3) is 0 Å². The number of ether oxygens (including phenoxy) is 3. The Bertz CT molecular complexity index is 580. The van der Waals surface area contributed by atoms with Crippen LogP contribution in [-0.4, -0.2) is 26.3 Å². The van der Waals surface area contributed by atoms with Crippen LogP contribution in [0, 0.1) is 0 Å². The lowest BCUT2D eigenvalue weighted by atomic mass is 10.1. The lowest BCUT2D eigenvalue weighted by Gasteiger charge is -2.16. The van der Waals surface area contributed by atoms with Gasteiger partial charge in [-0.25, -0.2) is 0 Å². The highest BCUT2D eigenvalue weighted by atomic mass is 16.7. The molecule has 0 amide bonds. The van der Waals surface area contributed by atoms with Crippen molar-refractivity contribution in [1.29, 1.82) is 0 Å². The van der Waals surface area contributed by atoms with Gasteiger partial charge in [0.1, 0.15) is 5.75 Å². The maximum atomic E-state index is 12.3. The molecule has 0 aromatic heterocycles. The van der Waals surface area contributed by atoms with Gasteiger partial charge in [-0.2, -0.15) is 0 Å². The molecule has 4 nitrogen and oxygen atoms in total. The smallest absolute Gasteiger partial charge is 0.222 e. The predicted octanol–water partition coefficient (Wildman–Crippen LogP) is 3.07. The monoisotopic (exact) mass is 286 g/mol. The molecule has 21 heavy (non-hydrogen) atoms. The summed E-state index contributed by atoms with van der Waals surface area (Å²) < 4.78 is 16.0. The van der Waals surface area contributed by atoms with E-state index < -0.39 is 6.29 Å². The quantitative estimate of drug-likeness (QED) is 0.579. The first-order valence-corrected chi connectivity index (χ1v) is 6.62. The first-order chi connectivity index (χ1) is 10.3. The molecule has 0 saturated carbocycles. The average Bonchev–Trinajstić information content (AvgIpc) is 2.56. The number of Topliss-reactive ketones (excluding diaryl/α,β-unsaturated/α-hetero) is 1. The molecule has 2 aromatic rings. The summed E-state index contributed by atoms with van der Waals surface area (Å²) in [5.41, 5.74) is 1.42. The number of para-hydroxylation sites is 1. The fourth-order valence-corrected chi connectivity index (χ4v) is 1.98. The molecule has 0 spiro atoms. The summed E-state index contributed by atoms with van der Waals surface area (Å²) in [5, 5.41) is 0. The molecule has 0 saturated heterocycles. The molecule has 0 aliphatic rings. The third-order valence-electron chi connectivity index (χ3n) is 3.07. The second-order valence-corrected chi connectivity index (χ2v) is 4.42. The first kappa shape index (κ1) is 15.2. The number of benzene rings is 2. The van der Waals surface area contributed by atoms with E-state index in [1.807, 2.05) is 30.3 Å². The summed E-state index contributed by atoms with van der Waals surface area (Å²) >= 11 is 0. The largest absolute Gasteiger partial charge is 0.496 e. The molecular formula is C17H18O4. The van der Waals surface area contributed by atoms with Crippen molar-refractivity contribution >= 4 is 5.78 Å². The Morgan fingerprint density at radius 2 is 1.67 bits per heavy atom. The van der Waals surface area contributed by atoms with Gasteiger partial charge in [0.15, 0.2) is 0 Å². The van der Waals surface area contributed by atoms with Gasteiger partial charge in [-0.3, -0.25) is 4.79 Å². The van der Waals surface area contributed by atoms with Crippen molar-refractivity contribution in [2.75, 3.05) is 14.2 Å². The minimum absolute atomic E-state index is 0.201. The second-order valence-electron chi connectivity index (χ2n) is 4.42. The van der Waals surface area contributed by atoms with Crippen molar-refractivity contribution in [3.63, 3.8) is 0 Å². The Morgan fingerprint density at radius 3 is 2.33 bits per heavy atom. The number of hydrogen-bond donors (Lipinski definition) is 0. The van der Waals surface area contributed by atoms with Crippen LogP contribution in [0.2, 0.25) is 0 Å². The van der Waals surface area contributed by atoms with Gasteiger partial charge in [0, 0.05) is 18.2 Å². The van der Waals surface area contributed by atoms with Crippen molar-refractivity contribution in [3.05, 3.63) is 65.7 Å². The van der Waals surface area contributed by atoms with Gasteiger partial charge in [-0.1, -0.05) is 48.5 Å². The van der Waals surface area contributed by atoms with Gasteiger partial charge in [-0.15, -0.1) is 0 Å². The molecule has 1 atom stereocenters. The van der Waals surface area contributed by atoms with Crippen molar-refractivity contribution in [2.24, 2.45) is 0 Å². The van der Waals surface area contributed by atoms with E-state index in [4.69, 9.17) is 14.2 Å². The zero-order valence-electron chi connectivity index (χ0n) is 12.1. The van der Waals surface area contributed by atoms with Gasteiger partial charge in [0.05, 0.1) is 13.7 Å². The van der Waals surface area contributed by atoms with Crippen LogP contribution < -0.4 is 4.74 Å². The number of carbonyl (C=O) groups excluding carboxylic acids is 1. The molecule has 0 bridgehead atoms. The van der Waals surface area contributed by atoms with E-state index >= 15 is 0 Å². The Kier molecular flexibility index (Phi) is 5.49. The lowest BCUT2D eigenvalue weighted by Crippen LogP contribution is -2.26. The van der Waals surface area contributed by atoms with E-state index in [1.165, 1.54) is 7.11 Å². The zero-order valence-corrected chi connectivity index (χ0v) is 12.1. The van der Waals surface area contributed by atoms with Crippen LogP contribution in [0.3, 0.4) is 0 Å². The van der Waals surface area contributed by atoms with Crippen molar-refractivity contribution in [3.8, 4) is 5.75 Å². The molecule has 0 fully saturated rings. The Balaban J connectivity index is 2.04. The van der Waals surface area contributed by atoms with Crippen molar-refractivity contribution in [1.82, 2.24) is 0 Å². The number of carbonyl (C=O) groups is 1. The normalized spacial score (nSPS) is 11.9. The fourth-order valence-electron chi connectivity index (χ4n) is 1.98. The van der Waals surface area contributed by atoms with E-state index in [0.29, 0.717) is 5.56 Å². The molecule has 0 aliphatic heterocycles. The molecule has 0 heterocycles. The number of ketones is 1. The van der Waals surface area contributed by atoms with E-state index in [2.05, 4.69) is 0 Å². The van der Waals surface area contributed by atoms with E-state index in [1.54, 1.807) is 31.4 Å². The maximum Gasteiger partial charge on any atom is 0.222 e. The molecule has 4 heteroatoms. The molecule has 1 unspecified atom stereocenters. The van der Waals surface area contributed by atoms with Crippen LogP contribution in [0.5, 0.6) is 5.75 Å². The lowest BCUT2D eigenvalue weighted by molar-refractivity contribution is -0.103. The standard InChI is InChI=1S/C17H18O4/c1-19-15-11-7-6-10-14(15)12-21-17(20-2)16(18)13-8-4-3-5-9-13/h3-11,17H,12H2,1-2H3. The minimum Gasteiger partial charge on any atom is -0.496 e. The molecule has 0 N–H and O–H groups in total. The van der Waals surface area contributed by atoms with Crippen LogP contribution in [0.4, 0.5) is 0 Å². The van der Waals surface area contributed by atoms with Crippen molar-refractivity contribution in [2.45, 2.75) is 12.9 Å². The van der Waals surface area contributed by atoms with Gasteiger partial charge in [0.2, 0.25) is 12.1 Å². The second kappa shape index (κ2) is 7.57. The fraction of sp³-hybridized carbons (Fsp3) is 0.235. The minimum atomic E-state index is -0.933. The first-order valence-electron chi connectivity index (χ1n) is 6.62. The highest BCUT2D eigenvalue weighted by Gasteiger charge is 2.20. The molecule has 110 valence electrons. The summed E-state index contributed by atoms with van der Waals surface area (Å²) in [7, 11) is 3.05. The SMILES string of the molecule is COc1ccccc1COC(OC)C(=O)c1ccccc1. The summed E-state index contributed by atoms with van der Waals surface area (Å²) in [5.74, 6) is 0.521. The highest BCUT2D eigenvalue weighted by Crippen LogP contribution is 2.19. The number of hydrogen-bond acceptors (Lipinski definition) is 4. The van der Waals surface area contributed by atoms with E-state index in [-0.39, 0.29) is 12.4 Å². The number of rotatable bonds is 7. The van der Waals surface area contributed by atoms with Crippen LogP contribution in [0.25, 0.3) is 0 Å². The Hall–Kier alpha value is -2.17. The van der Waals surface area contributed by atoms with Crippen LogP contribution in [0.1, 0.15) is 15.9 Å². The molecule has 0 aliphatic carbocycles. The third kappa shape index (κ3) is 3.90. The maximum absolute atomic E-state index is 12.3.